The van der Waals surface area contributed by atoms with E-state index >= 15 is 0 Å². The lowest BCUT2D eigenvalue weighted by Crippen LogP contribution is -2.12. The summed E-state index contributed by atoms with van der Waals surface area (Å²) in [6, 6.07) is 73.0. The Morgan fingerprint density at radius 2 is 1.29 bits per heavy atom. The van der Waals surface area contributed by atoms with Crippen molar-refractivity contribution < 1.29 is 0 Å². The lowest BCUT2D eigenvalue weighted by Gasteiger charge is -2.25. The van der Waals surface area contributed by atoms with Crippen LogP contribution in [0, 0.1) is 0 Å². The minimum absolute atomic E-state index is 0.0741. The zero-order valence-corrected chi connectivity index (χ0v) is 39.4. The van der Waals surface area contributed by atoms with Gasteiger partial charge in [-0.25, -0.2) is 0 Å². The molecule has 0 fully saturated rings. The van der Waals surface area contributed by atoms with Crippen LogP contribution in [0.5, 0.6) is 0 Å². The number of nitrogens with one attached hydrogen (secondary N) is 1. The molecule has 8 aromatic carbocycles. The van der Waals surface area contributed by atoms with Crippen LogP contribution in [-0.4, -0.2) is 11.6 Å². The lowest BCUT2D eigenvalue weighted by molar-refractivity contribution is 0.794. The Morgan fingerprint density at radius 3 is 2.04 bits per heavy atom. The molecule has 3 nitrogen and oxygen atoms in total. The summed E-state index contributed by atoms with van der Waals surface area (Å²) in [6.45, 7) is 0. The summed E-state index contributed by atoms with van der Waals surface area (Å²) < 4.78 is 2.49. The number of hydrogen-bond donors (Lipinski definition) is 1. The molecule has 0 radical (unpaired) electrons. The molecular weight excluding hydrogens is 855 g/mol. The zero-order valence-electron chi connectivity index (χ0n) is 38.5. The fraction of sp³-hybridized carbons (Fsp3) is 0.0769. The highest BCUT2D eigenvalue weighted by Crippen LogP contribution is 2.45. The molecule has 1 N–H and O–H groups in total. The highest BCUT2D eigenvalue weighted by atomic mass is 32.2. The maximum Gasteiger partial charge on any atom is 0.0834 e. The molecule has 9 aromatic rings. The summed E-state index contributed by atoms with van der Waals surface area (Å²) in [4.78, 5) is 3.54. The van der Waals surface area contributed by atoms with Crippen LogP contribution in [0.3, 0.4) is 0 Å². The minimum atomic E-state index is 0.0741. The van der Waals surface area contributed by atoms with Crippen LogP contribution in [0.15, 0.2) is 270 Å². The van der Waals surface area contributed by atoms with E-state index in [4.69, 9.17) is 0 Å². The van der Waals surface area contributed by atoms with Gasteiger partial charge in [-0.05, 0) is 142 Å². The first kappa shape index (κ1) is 42.5. The number of nitrogens with zero attached hydrogens (tertiary/aromatic N) is 2. The monoisotopic (exact) mass is 905 g/mol. The number of benzene rings is 8. The predicted molar refractivity (Wildman–Crippen MR) is 293 cm³/mol. The van der Waals surface area contributed by atoms with E-state index < -0.39 is 0 Å². The lowest BCUT2D eigenvalue weighted by atomic mass is 9.88. The number of allylic oxidation sites excluding steroid dienone is 12. The van der Waals surface area contributed by atoms with Crippen molar-refractivity contribution >= 4 is 56.2 Å². The van der Waals surface area contributed by atoms with E-state index in [1.165, 1.54) is 82.4 Å². The number of fused-ring (bicyclic) bond motifs is 7. The number of anilines is 3. The van der Waals surface area contributed by atoms with E-state index in [-0.39, 0.29) is 11.3 Å². The predicted octanol–water partition coefficient (Wildman–Crippen LogP) is 17.0. The first-order valence-electron chi connectivity index (χ1n) is 24.0. The van der Waals surface area contributed by atoms with Gasteiger partial charge in [0.15, 0.2) is 0 Å². The Bertz CT molecular complexity index is 3500. The summed E-state index contributed by atoms with van der Waals surface area (Å²) in [7, 11) is 2.05. The van der Waals surface area contributed by atoms with Crippen molar-refractivity contribution in [2.45, 2.75) is 29.0 Å². The molecule has 2 unspecified atom stereocenters. The molecule has 0 bridgehead atoms. The quantitative estimate of drug-likeness (QED) is 0.109. The molecule has 69 heavy (non-hydrogen) atoms. The summed E-state index contributed by atoms with van der Waals surface area (Å²) in [5, 5.41) is 6.15. The van der Waals surface area contributed by atoms with Gasteiger partial charge in [0.2, 0.25) is 0 Å². The molecule has 0 aliphatic heterocycles. The van der Waals surface area contributed by atoms with E-state index in [0.29, 0.717) is 0 Å². The van der Waals surface area contributed by atoms with Crippen LogP contribution >= 0.6 is 11.8 Å². The van der Waals surface area contributed by atoms with Gasteiger partial charge in [0.25, 0.3) is 0 Å². The average Bonchev–Trinajstić information content (AvgIpc) is 3.59. The Balaban J connectivity index is 0.952. The molecule has 0 saturated heterocycles. The Hall–Kier alpha value is -7.89. The number of thioether (sulfide) groups is 1. The van der Waals surface area contributed by atoms with Gasteiger partial charge in [-0.1, -0.05) is 182 Å². The third-order valence-corrected chi connectivity index (χ3v) is 15.1. The van der Waals surface area contributed by atoms with E-state index in [9.17, 15) is 0 Å². The maximum atomic E-state index is 3.61. The fourth-order valence-electron chi connectivity index (χ4n) is 10.5. The van der Waals surface area contributed by atoms with Gasteiger partial charge >= 0.3 is 0 Å². The van der Waals surface area contributed by atoms with Gasteiger partial charge in [0, 0.05) is 44.3 Å². The van der Waals surface area contributed by atoms with Gasteiger partial charge < -0.3 is 14.8 Å². The third-order valence-electron chi connectivity index (χ3n) is 13.8. The molecular formula is C65H51N3S. The average molecular weight is 906 g/mol. The topological polar surface area (TPSA) is 20.2 Å². The number of rotatable bonds is 10. The summed E-state index contributed by atoms with van der Waals surface area (Å²) in [6.07, 6.45) is 20.6. The summed E-state index contributed by atoms with van der Waals surface area (Å²) >= 11 is 1.87. The Morgan fingerprint density at radius 1 is 0.609 bits per heavy atom. The van der Waals surface area contributed by atoms with Crippen LogP contribution in [0.2, 0.25) is 0 Å². The third kappa shape index (κ3) is 8.12. The highest BCUT2D eigenvalue weighted by Gasteiger charge is 2.25. The molecule has 2 atom stereocenters. The number of para-hydroxylation sites is 3. The van der Waals surface area contributed by atoms with Crippen LogP contribution in [0.4, 0.5) is 17.1 Å². The van der Waals surface area contributed by atoms with Crippen molar-refractivity contribution in [1.82, 2.24) is 9.88 Å². The second-order valence-electron chi connectivity index (χ2n) is 17.9. The van der Waals surface area contributed by atoms with Crippen molar-refractivity contribution in [3.8, 4) is 16.8 Å². The first-order chi connectivity index (χ1) is 34.2. The van der Waals surface area contributed by atoms with Gasteiger partial charge in [0.1, 0.15) is 0 Å². The second-order valence-corrected chi connectivity index (χ2v) is 19.1. The smallest absolute Gasteiger partial charge is 0.0834 e. The molecule has 332 valence electrons. The zero-order chi connectivity index (χ0) is 46.1. The van der Waals surface area contributed by atoms with Crippen molar-refractivity contribution in [3.05, 3.63) is 288 Å². The van der Waals surface area contributed by atoms with E-state index in [1.54, 1.807) is 0 Å². The van der Waals surface area contributed by atoms with Crippen LogP contribution < -0.4 is 10.2 Å². The summed E-state index contributed by atoms with van der Waals surface area (Å²) in [5.74, 6) is 0.107. The van der Waals surface area contributed by atoms with Crippen molar-refractivity contribution in [2.24, 2.45) is 0 Å². The Kier molecular flexibility index (Phi) is 11.5. The fourth-order valence-corrected chi connectivity index (χ4v) is 11.6. The van der Waals surface area contributed by atoms with E-state index in [1.807, 2.05) is 11.8 Å². The molecule has 1 aromatic heterocycles. The standard InChI is InChI=1S/C65H51N3S/c1-66-65(47-18-6-2-7-19-47)69-63-31-17-30-59-61-44-49(46-32-37-54(38-33-46)67(52-23-9-4-10-24-52)53-25-11-5-12-26-53)36-41-62(61)68(64(59)63)55-39-34-45(35-40-55)48-22-16-29-58-56-28-15-14-21-50(56)42-51-20-8-3-13-27-57(51)60(58)43-48/h2,4-41,43-44,48,65-66H,3,42H2,1H3. The normalized spacial score (nSPS) is 15.6. The molecule has 0 amide bonds. The number of hydrogen-bond acceptors (Lipinski definition) is 3. The van der Waals surface area contributed by atoms with Crippen LogP contribution in [0.25, 0.3) is 44.2 Å². The molecule has 4 heteroatoms. The van der Waals surface area contributed by atoms with Gasteiger partial charge in [-0.2, -0.15) is 0 Å². The summed E-state index contributed by atoms with van der Waals surface area (Å²) in [5.41, 5.74) is 19.8. The van der Waals surface area contributed by atoms with Crippen LogP contribution in [0.1, 0.15) is 40.0 Å². The molecule has 3 aliphatic carbocycles. The number of aromatic nitrogens is 1. The molecule has 1 heterocycles. The van der Waals surface area contributed by atoms with Crippen molar-refractivity contribution in [3.63, 3.8) is 0 Å². The van der Waals surface area contributed by atoms with Gasteiger partial charge in [0.05, 0.1) is 16.4 Å². The largest absolute Gasteiger partial charge is 0.311 e. The SMILES string of the molecule is CNC(Sc1cccc2c3cc(-c4ccc(N(c5ccccc5)c5ccccc5)cc4)ccc3n(-c3ccc(C4C=CC=C5C(=C4)C4=C(C=CCC=C4)Cc4ccccc45)cc3)c12)c1ccccc1. The van der Waals surface area contributed by atoms with E-state index in [2.05, 4.69) is 271 Å². The second kappa shape index (κ2) is 18.7. The molecule has 12 rings (SSSR count). The Labute approximate surface area is 409 Å². The molecule has 3 aliphatic rings. The van der Waals surface area contributed by atoms with Crippen molar-refractivity contribution in [2.75, 3.05) is 11.9 Å². The molecule has 0 saturated carbocycles. The first-order valence-corrected chi connectivity index (χ1v) is 24.9. The van der Waals surface area contributed by atoms with Gasteiger partial charge in [-0.15, -0.1) is 11.8 Å². The van der Waals surface area contributed by atoms with Gasteiger partial charge in [-0.3, -0.25) is 0 Å². The highest BCUT2D eigenvalue weighted by molar-refractivity contribution is 7.99. The van der Waals surface area contributed by atoms with E-state index in [0.717, 1.165) is 35.6 Å². The minimum Gasteiger partial charge on any atom is -0.311 e. The van der Waals surface area contributed by atoms with Crippen LogP contribution in [-0.2, 0) is 6.42 Å². The van der Waals surface area contributed by atoms with Crippen molar-refractivity contribution in [1.29, 1.82) is 0 Å². The maximum absolute atomic E-state index is 3.61. The molecule has 0 spiro atoms.